The zero-order chi connectivity index (χ0) is 15.4. The Hall–Kier alpha value is -2.70. The van der Waals surface area contributed by atoms with Crippen LogP contribution in [0, 0.1) is 5.82 Å². The van der Waals surface area contributed by atoms with Crippen molar-refractivity contribution in [2.75, 3.05) is 11.1 Å². The first-order valence-corrected chi connectivity index (χ1v) is 5.87. The van der Waals surface area contributed by atoms with Crippen LogP contribution in [-0.2, 0) is 0 Å². The number of nitrogens with one attached hydrogen (secondary N) is 1. The van der Waals surface area contributed by atoms with Gasteiger partial charge < -0.3 is 15.8 Å². The summed E-state index contributed by atoms with van der Waals surface area (Å²) < 4.78 is 42.1. The van der Waals surface area contributed by atoms with Gasteiger partial charge in [-0.25, -0.2) is 4.39 Å². The van der Waals surface area contributed by atoms with Crippen molar-refractivity contribution in [1.82, 2.24) is 0 Å². The molecule has 2 rings (SSSR count). The Morgan fingerprint density at radius 2 is 1.90 bits per heavy atom. The summed E-state index contributed by atoms with van der Waals surface area (Å²) >= 11 is 0. The molecule has 110 valence electrons. The minimum atomic E-state index is -3.05. The van der Waals surface area contributed by atoms with E-state index in [9.17, 15) is 18.0 Å². The molecule has 2 aromatic rings. The second-order valence-electron chi connectivity index (χ2n) is 4.07. The molecule has 4 nitrogen and oxygen atoms in total. The van der Waals surface area contributed by atoms with Crippen molar-refractivity contribution in [2.45, 2.75) is 6.61 Å². The molecule has 0 atom stereocenters. The van der Waals surface area contributed by atoms with Crippen LogP contribution in [0.25, 0.3) is 0 Å². The highest BCUT2D eigenvalue weighted by Gasteiger charge is 2.15. The molecule has 2 aromatic carbocycles. The van der Waals surface area contributed by atoms with E-state index < -0.39 is 18.3 Å². The first-order valence-electron chi connectivity index (χ1n) is 5.87. The van der Waals surface area contributed by atoms with Crippen LogP contribution >= 0.6 is 0 Å². The first kappa shape index (κ1) is 14.7. The van der Waals surface area contributed by atoms with Gasteiger partial charge >= 0.3 is 6.61 Å². The number of amides is 1. The molecule has 0 spiro atoms. The molecule has 0 fully saturated rings. The number of anilines is 2. The van der Waals surface area contributed by atoms with E-state index in [1.54, 1.807) is 0 Å². The summed E-state index contributed by atoms with van der Waals surface area (Å²) in [7, 11) is 0. The van der Waals surface area contributed by atoms with E-state index in [0.717, 1.165) is 6.07 Å². The lowest BCUT2D eigenvalue weighted by Gasteiger charge is -2.11. The number of carbonyl (C=O) groups is 1. The molecule has 7 heteroatoms. The summed E-state index contributed by atoms with van der Waals surface area (Å²) in [6.07, 6.45) is 0. The molecular weight excluding hydrogens is 285 g/mol. The Balaban J connectivity index is 2.22. The number of alkyl halides is 2. The summed E-state index contributed by atoms with van der Waals surface area (Å²) in [6, 6.07) is 9.22. The van der Waals surface area contributed by atoms with Gasteiger partial charge in [0.25, 0.3) is 5.91 Å². The number of nitrogen functional groups attached to an aromatic ring is 1. The Morgan fingerprint density at radius 3 is 2.57 bits per heavy atom. The number of hydrogen-bond donors (Lipinski definition) is 2. The molecule has 21 heavy (non-hydrogen) atoms. The maximum Gasteiger partial charge on any atom is 0.387 e. The fourth-order valence-corrected chi connectivity index (χ4v) is 1.66. The van der Waals surface area contributed by atoms with E-state index in [2.05, 4.69) is 10.1 Å². The fourth-order valence-electron chi connectivity index (χ4n) is 1.66. The lowest BCUT2D eigenvalue weighted by Crippen LogP contribution is -2.15. The molecule has 0 aliphatic rings. The lowest BCUT2D eigenvalue weighted by atomic mass is 10.2. The van der Waals surface area contributed by atoms with Crippen molar-refractivity contribution in [2.24, 2.45) is 0 Å². The van der Waals surface area contributed by atoms with Crippen LogP contribution < -0.4 is 15.8 Å². The molecule has 0 saturated carbocycles. The van der Waals surface area contributed by atoms with Crippen LogP contribution in [0.2, 0.25) is 0 Å². The first-order chi connectivity index (χ1) is 9.97. The largest absolute Gasteiger partial charge is 0.434 e. The van der Waals surface area contributed by atoms with Gasteiger partial charge in [-0.1, -0.05) is 12.1 Å². The summed E-state index contributed by atoms with van der Waals surface area (Å²) in [6.45, 7) is -3.05. The maximum absolute atomic E-state index is 13.3. The molecule has 0 unspecified atom stereocenters. The van der Waals surface area contributed by atoms with Crippen molar-refractivity contribution in [1.29, 1.82) is 0 Å². The molecule has 0 heterocycles. The highest BCUT2D eigenvalue weighted by atomic mass is 19.3. The van der Waals surface area contributed by atoms with E-state index in [4.69, 9.17) is 5.73 Å². The van der Waals surface area contributed by atoms with Gasteiger partial charge in [-0.15, -0.1) is 0 Å². The number of halogens is 3. The van der Waals surface area contributed by atoms with Crippen molar-refractivity contribution < 1.29 is 22.7 Å². The molecule has 3 N–H and O–H groups in total. The maximum atomic E-state index is 13.3. The number of ether oxygens (including phenoxy) is 1. The van der Waals surface area contributed by atoms with Crippen LogP contribution in [0.3, 0.4) is 0 Å². The second-order valence-corrected chi connectivity index (χ2v) is 4.07. The number of carbonyl (C=O) groups excluding carboxylic acids is 1. The van der Waals surface area contributed by atoms with Gasteiger partial charge in [0.2, 0.25) is 0 Å². The van der Waals surface area contributed by atoms with Gasteiger partial charge in [-0.3, -0.25) is 4.79 Å². The number of para-hydroxylation sites is 1. The fraction of sp³-hybridized carbons (Fsp3) is 0.0714. The van der Waals surface area contributed by atoms with E-state index in [1.165, 1.54) is 36.4 Å². The summed E-state index contributed by atoms with van der Waals surface area (Å²) in [4.78, 5) is 12.0. The Bertz CT molecular complexity index is 662. The molecule has 0 aromatic heterocycles. The topological polar surface area (TPSA) is 64.3 Å². The van der Waals surface area contributed by atoms with Gasteiger partial charge in [-0.05, 0) is 30.3 Å². The monoisotopic (exact) mass is 296 g/mol. The molecule has 0 saturated heterocycles. The minimum absolute atomic E-state index is 0.0607. The SMILES string of the molecule is Nc1ccc(NC(=O)c2ccccc2OC(F)F)cc1F. The van der Waals surface area contributed by atoms with E-state index >= 15 is 0 Å². The van der Waals surface area contributed by atoms with Gasteiger partial charge in [0, 0.05) is 5.69 Å². The van der Waals surface area contributed by atoms with Gasteiger partial charge in [0.05, 0.1) is 11.3 Å². The summed E-state index contributed by atoms with van der Waals surface area (Å²) in [5.41, 5.74) is 5.32. The average Bonchev–Trinajstić information content (AvgIpc) is 2.43. The van der Waals surface area contributed by atoms with Crippen molar-refractivity contribution in [3.8, 4) is 5.75 Å². The molecular formula is C14H11F3N2O2. The zero-order valence-corrected chi connectivity index (χ0v) is 10.6. The van der Waals surface area contributed by atoms with Crippen LogP contribution in [0.15, 0.2) is 42.5 Å². The molecule has 0 radical (unpaired) electrons. The number of hydrogen-bond acceptors (Lipinski definition) is 3. The third-order valence-electron chi connectivity index (χ3n) is 2.61. The zero-order valence-electron chi connectivity index (χ0n) is 10.6. The predicted molar refractivity (Wildman–Crippen MR) is 71.8 cm³/mol. The van der Waals surface area contributed by atoms with Crippen molar-refractivity contribution >= 4 is 17.3 Å². The highest BCUT2D eigenvalue weighted by Crippen LogP contribution is 2.22. The van der Waals surface area contributed by atoms with Gasteiger partial charge in [0.1, 0.15) is 11.6 Å². The van der Waals surface area contributed by atoms with Crippen molar-refractivity contribution in [3.63, 3.8) is 0 Å². The van der Waals surface area contributed by atoms with Gasteiger partial charge in [0.15, 0.2) is 0 Å². The molecule has 0 aliphatic carbocycles. The van der Waals surface area contributed by atoms with E-state index in [-0.39, 0.29) is 22.7 Å². The van der Waals surface area contributed by atoms with Crippen LogP contribution in [-0.4, -0.2) is 12.5 Å². The molecule has 1 amide bonds. The Morgan fingerprint density at radius 1 is 1.19 bits per heavy atom. The number of rotatable bonds is 4. The van der Waals surface area contributed by atoms with Crippen molar-refractivity contribution in [3.05, 3.63) is 53.8 Å². The Labute approximate surface area is 118 Å². The smallest absolute Gasteiger partial charge is 0.387 e. The number of benzene rings is 2. The van der Waals surface area contributed by atoms with Crippen LogP contribution in [0.1, 0.15) is 10.4 Å². The Kier molecular flexibility index (Phi) is 4.32. The van der Waals surface area contributed by atoms with Crippen LogP contribution in [0.4, 0.5) is 24.5 Å². The average molecular weight is 296 g/mol. The van der Waals surface area contributed by atoms with Crippen LogP contribution in [0.5, 0.6) is 5.75 Å². The molecule has 0 aliphatic heterocycles. The van der Waals surface area contributed by atoms with Gasteiger partial charge in [-0.2, -0.15) is 8.78 Å². The number of nitrogens with two attached hydrogens (primary N) is 1. The summed E-state index contributed by atoms with van der Waals surface area (Å²) in [5, 5.41) is 2.38. The standard InChI is InChI=1S/C14H11F3N2O2/c15-10-7-8(5-6-11(10)18)19-13(20)9-3-1-2-4-12(9)21-14(16)17/h1-7,14H,18H2,(H,19,20). The third-order valence-corrected chi connectivity index (χ3v) is 2.61. The normalized spacial score (nSPS) is 10.5. The quantitative estimate of drug-likeness (QED) is 0.851. The minimum Gasteiger partial charge on any atom is -0.434 e. The summed E-state index contributed by atoms with van der Waals surface area (Å²) in [5.74, 6) is -1.65. The second kappa shape index (κ2) is 6.17. The lowest BCUT2D eigenvalue weighted by molar-refractivity contribution is -0.0501. The third kappa shape index (κ3) is 3.65. The van der Waals surface area contributed by atoms with E-state index in [0.29, 0.717) is 0 Å². The predicted octanol–water partition coefficient (Wildman–Crippen LogP) is 3.26. The highest BCUT2D eigenvalue weighted by molar-refractivity contribution is 6.06. The van der Waals surface area contributed by atoms with E-state index in [1.807, 2.05) is 0 Å². The molecule has 0 bridgehead atoms.